The van der Waals surface area contributed by atoms with Crippen LogP contribution in [0.4, 0.5) is 4.39 Å². The van der Waals surface area contributed by atoms with Gasteiger partial charge in [-0.2, -0.15) is 0 Å². The molecule has 0 saturated heterocycles. The van der Waals surface area contributed by atoms with Gasteiger partial charge in [0.1, 0.15) is 5.82 Å². The lowest BCUT2D eigenvalue weighted by Crippen LogP contribution is -2.13. The minimum Gasteiger partial charge on any atom is -0.380 e. The highest BCUT2D eigenvalue weighted by molar-refractivity contribution is 5.71. The van der Waals surface area contributed by atoms with Crippen LogP contribution < -0.4 is 0 Å². The van der Waals surface area contributed by atoms with Gasteiger partial charge in [0, 0.05) is 12.7 Å². The van der Waals surface area contributed by atoms with E-state index in [0.717, 1.165) is 28.2 Å². The number of allylic oxidation sites excluding steroid dienone is 2. The quantitative estimate of drug-likeness (QED) is 0.316. The van der Waals surface area contributed by atoms with Crippen molar-refractivity contribution in [2.75, 3.05) is 7.11 Å². The van der Waals surface area contributed by atoms with Gasteiger partial charge in [-0.15, -0.1) is 0 Å². The maximum Gasteiger partial charge on any atom is 0.131 e. The van der Waals surface area contributed by atoms with E-state index in [1.54, 1.807) is 13.2 Å². The molecule has 33 heavy (non-hydrogen) atoms. The van der Waals surface area contributed by atoms with Gasteiger partial charge in [0.15, 0.2) is 0 Å². The maximum absolute atomic E-state index is 15.0. The third-order valence-corrected chi connectivity index (χ3v) is 7.08. The van der Waals surface area contributed by atoms with E-state index in [1.165, 1.54) is 44.1 Å². The van der Waals surface area contributed by atoms with Gasteiger partial charge >= 0.3 is 0 Å². The van der Waals surface area contributed by atoms with Gasteiger partial charge in [-0.05, 0) is 91.2 Å². The molecule has 4 rings (SSSR count). The summed E-state index contributed by atoms with van der Waals surface area (Å²) in [6.45, 7) is 2.69. The molecule has 3 aromatic rings. The Bertz CT molecular complexity index is 1040. The number of ether oxygens (including phenoxy) is 1. The Balaban J connectivity index is 1.40. The lowest BCUT2D eigenvalue weighted by atomic mass is 9.77. The van der Waals surface area contributed by atoms with Crippen molar-refractivity contribution < 1.29 is 9.13 Å². The molecule has 0 heterocycles. The molecule has 0 amide bonds. The molecule has 0 atom stereocenters. The highest BCUT2D eigenvalue weighted by atomic mass is 19.1. The first kappa shape index (κ1) is 23.4. The fourth-order valence-electron chi connectivity index (χ4n) is 5.11. The van der Waals surface area contributed by atoms with Crippen LogP contribution in [0.1, 0.15) is 62.5 Å². The Kier molecular flexibility index (Phi) is 8.12. The highest BCUT2D eigenvalue weighted by Crippen LogP contribution is 2.38. The second kappa shape index (κ2) is 11.4. The maximum atomic E-state index is 15.0. The van der Waals surface area contributed by atoms with E-state index in [2.05, 4.69) is 43.3 Å². The van der Waals surface area contributed by atoms with Crippen molar-refractivity contribution in [3.63, 3.8) is 0 Å². The van der Waals surface area contributed by atoms with E-state index in [0.29, 0.717) is 18.1 Å². The summed E-state index contributed by atoms with van der Waals surface area (Å²) < 4.78 is 20.2. The molecule has 1 saturated carbocycles. The molecule has 3 aromatic carbocycles. The molecule has 0 radical (unpaired) electrons. The normalized spacial score (nSPS) is 18.6. The number of benzene rings is 3. The van der Waals surface area contributed by atoms with Gasteiger partial charge in [0.25, 0.3) is 0 Å². The first-order valence-electron chi connectivity index (χ1n) is 12.3. The van der Waals surface area contributed by atoms with Gasteiger partial charge in [-0.25, -0.2) is 4.39 Å². The van der Waals surface area contributed by atoms with E-state index in [1.807, 2.05) is 36.4 Å². The summed E-state index contributed by atoms with van der Waals surface area (Å²) in [5.41, 5.74) is 6.02. The van der Waals surface area contributed by atoms with Crippen molar-refractivity contribution in [3.05, 3.63) is 95.8 Å². The minimum atomic E-state index is -0.178. The zero-order chi connectivity index (χ0) is 23.0. The Morgan fingerprint density at radius 3 is 2.15 bits per heavy atom. The summed E-state index contributed by atoms with van der Waals surface area (Å²) in [4.78, 5) is 0. The molecule has 1 aliphatic carbocycles. The third kappa shape index (κ3) is 6.00. The van der Waals surface area contributed by atoms with E-state index in [9.17, 15) is 0 Å². The largest absolute Gasteiger partial charge is 0.380 e. The van der Waals surface area contributed by atoms with Gasteiger partial charge < -0.3 is 4.74 Å². The van der Waals surface area contributed by atoms with Crippen LogP contribution in [-0.2, 0) is 11.3 Å². The molecule has 0 unspecified atom stereocenters. The van der Waals surface area contributed by atoms with Crippen LogP contribution in [0.5, 0.6) is 0 Å². The van der Waals surface area contributed by atoms with E-state index >= 15 is 4.39 Å². The molecule has 1 nitrogen and oxygen atoms in total. The molecule has 1 fully saturated rings. The first-order valence-corrected chi connectivity index (χ1v) is 12.3. The van der Waals surface area contributed by atoms with Crippen LogP contribution in [0.2, 0.25) is 0 Å². The number of hydrogen-bond acceptors (Lipinski definition) is 1. The number of rotatable bonds is 8. The number of halogens is 1. The summed E-state index contributed by atoms with van der Waals surface area (Å²) in [5, 5.41) is 0. The van der Waals surface area contributed by atoms with Gasteiger partial charge in [0.05, 0.1) is 6.61 Å². The summed E-state index contributed by atoms with van der Waals surface area (Å²) in [5.74, 6) is 1.34. The molecule has 172 valence electrons. The summed E-state index contributed by atoms with van der Waals surface area (Å²) in [6, 6.07) is 22.2. The Hall–Kier alpha value is -2.71. The van der Waals surface area contributed by atoms with Crippen LogP contribution in [0.15, 0.2) is 78.9 Å². The molecular weight excluding hydrogens is 407 g/mol. The average molecular weight is 443 g/mol. The van der Waals surface area contributed by atoms with Crippen molar-refractivity contribution in [3.8, 4) is 22.3 Å². The fourth-order valence-corrected chi connectivity index (χ4v) is 5.11. The second-order valence-electron chi connectivity index (χ2n) is 9.31. The predicted octanol–water partition coefficient (Wildman–Crippen LogP) is 8.94. The smallest absolute Gasteiger partial charge is 0.131 e. The zero-order valence-electron chi connectivity index (χ0n) is 19.9. The Labute approximate surface area is 198 Å². The number of hydrogen-bond donors (Lipinski definition) is 0. The third-order valence-electron chi connectivity index (χ3n) is 7.08. The van der Waals surface area contributed by atoms with Crippen LogP contribution >= 0.6 is 0 Å². The summed E-state index contributed by atoms with van der Waals surface area (Å²) >= 11 is 0. The second-order valence-corrected chi connectivity index (χ2v) is 9.31. The molecule has 1 aliphatic rings. The molecule has 2 heteroatoms. The van der Waals surface area contributed by atoms with Crippen molar-refractivity contribution in [2.45, 2.75) is 58.0 Å². The molecule has 0 aromatic heterocycles. The van der Waals surface area contributed by atoms with E-state index < -0.39 is 0 Å². The lowest BCUT2D eigenvalue weighted by Gasteiger charge is -2.28. The van der Waals surface area contributed by atoms with Gasteiger partial charge in [-0.3, -0.25) is 0 Å². The van der Waals surface area contributed by atoms with Crippen molar-refractivity contribution in [2.24, 2.45) is 5.92 Å². The van der Waals surface area contributed by atoms with E-state index in [4.69, 9.17) is 4.74 Å². The molecular formula is C31H35FO. The molecule has 0 bridgehead atoms. The van der Waals surface area contributed by atoms with Crippen molar-refractivity contribution >= 4 is 0 Å². The van der Waals surface area contributed by atoms with Gasteiger partial charge in [0.2, 0.25) is 0 Å². The fraction of sp³-hybridized carbons (Fsp3) is 0.355. The summed E-state index contributed by atoms with van der Waals surface area (Å²) in [6.07, 6.45) is 12.2. The van der Waals surface area contributed by atoms with E-state index in [-0.39, 0.29) is 5.82 Å². The topological polar surface area (TPSA) is 9.23 Å². The van der Waals surface area contributed by atoms with Crippen LogP contribution in [0.25, 0.3) is 22.3 Å². The molecule has 0 spiro atoms. The predicted molar refractivity (Wildman–Crippen MR) is 137 cm³/mol. The Morgan fingerprint density at radius 1 is 0.848 bits per heavy atom. The van der Waals surface area contributed by atoms with Crippen molar-refractivity contribution in [1.82, 2.24) is 0 Å². The SMILES string of the molecule is C/C=C/CCC1CCC(c2ccc(-c3ccc(-c4ccc(COC)cc4)cc3F)cc2)CC1. The lowest BCUT2D eigenvalue weighted by molar-refractivity contribution is 0.185. The zero-order valence-corrected chi connectivity index (χ0v) is 19.9. The Morgan fingerprint density at radius 2 is 1.52 bits per heavy atom. The minimum absolute atomic E-state index is 0.178. The standard InChI is InChI=1S/C31H35FO/c1-3-4-5-6-23-7-11-25(12-8-23)26-15-17-28(18-16-26)30-20-19-29(21-31(30)32)27-13-9-24(10-14-27)22-33-2/h3-4,9-10,13-21,23,25H,5-8,11-12,22H2,1-2H3/b4-3+. The van der Waals surface area contributed by atoms with Crippen LogP contribution in [-0.4, -0.2) is 7.11 Å². The van der Waals surface area contributed by atoms with Crippen LogP contribution in [0, 0.1) is 11.7 Å². The van der Waals surface area contributed by atoms with Crippen LogP contribution in [0.3, 0.4) is 0 Å². The van der Waals surface area contributed by atoms with Gasteiger partial charge in [-0.1, -0.05) is 72.8 Å². The molecule has 0 aliphatic heterocycles. The highest BCUT2D eigenvalue weighted by Gasteiger charge is 2.22. The number of methoxy groups -OCH3 is 1. The monoisotopic (exact) mass is 442 g/mol. The average Bonchev–Trinajstić information content (AvgIpc) is 2.85. The van der Waals surface area contributed by atoms with Crippen molar-refractivity contribution in [1.29, 1.82) is 0 Å². The molecule has 0 N–H and O–H groups in total. The first-order chi connectivity index (χ1) is 16.2. The summed E-state index contributed by atoms with van der Waals surface area (Å²) in [7, 11) is 1.69.